The summed E-state index contributed by atoms with van der Waals surface area (Å²) in [4.78, 5) is 9.99. The summed E-state index contributed by atoms with van der Waals surface area (Å²) in [6.45, 7) is 5.91. The van der Waals surface area contributed by atoms with Gasteiger partial charge in [0, 0.05) is 36.9 Å². The molecular formula is C29H36N6O3S2. The van der Waals surface area contributed by atoms with Gasteiger partial charge in [0.1, 0.15) is 16.8 Å². The molecule has 3 aromatic rings. The summed E-state index contributed by atoms with van der Waals surface area (Å²) in [5.74, 6) is 0.570. The van der Waals surface area contributed by atoms with Crippen LogP contribution in [0, 0.1) is 11.3 Å². The minimum atomic E-state index is -3.66. The number of thiazole rings is 1. The molecule has 0 spiro atoms. The lowest BCUT2D eigenvalue weighted by molar-refractivity contribution is 0.242. The molecule has 1 saturated heterocycles. The maximum atomic E-state index is 12.9. The minimum absolute atomic E-state index is 0.0189. The second kappa shape index (κ2) is 11.9. The zero-order valence-electron chi connectivity index (χ0n) is 23.3. The zero-order chi connectivity index (χ0) is 28.4. The van der Waals surface area contributed by atoms with Crippen LogP contribution in [-0.4, -0.2) is 69.2 Å². The Kier molecular flexibility index (Phi) is 8.56. The lowest BCUT2D eigenvalue weighted by atomic mass is 10.0. The van der Waals surface area contributed by atoms with Crippen molar-refractivity contribution in [2.24, 2.45) is 0 Å². The van der Waals surface area contributed by atoms with E-state index < -0.39 is 10.2 Å². The van der Waals surface area contributed by atoms with Gasteiger partial charge in [-0.2, -0.15) is 23.1 Å². The van der Waals surface area contributed by atoms with E-state index in [1.807, 2.05) is 50.4 Å². The monoisotopic (exact) mass is 580 g/mol. The molecule has 5 rings (SSSR count). The first-order valence-electron chi connectivity index (χ1n) is 13.6. The van der Waals surface area contributed by atoms with E-state index in [2.05, 4.69) is 50.5 Å². The topological polar surface area (TPSA) is 111 Å². The molecule has 1 aromatic heterocycles. The number of aromatic nitrogens is 1. The van der Waals surface area contributed by atoms with Gasteiger partial charge in [-0.05, 0) is 82.1 Å². The summed E-state index contributed by atoms with van der Waals surface area (Å²) in [5.41, 5.74) is 4.58. The summed E-state index contributed by atoms with van der Waals surface area (Å²) in [7, 11) is 0.457. The maximum absolute atomic E-state index is 12.9. The highest BCUT2D eigenvalue weighted by Gasteiger charge is 2.30. The number of likely N-dealkylation sites (N-methyl/N-ethyl adjacent to an activating group) is 1. The number of nitrogens with zero attached hydrogens (tertiary/aromatic N) is 4. The van der Waals surface area contributed by atoms with E-state index >= 15 is 0 Å². The Morgan fingerprint density at radius 3 is 2.80 bits per heavy atom. The third-order valence-corrected chi connectivity index (χ3v) is 9.69. The van der Waals surface area contributed by atoms with Crippen LogP contribution < -0.4 is 14.2 Å². The van der Waals surface area contributed by atoms with Crippen LogP contribution in [0.2, 0.25) is 0 Å². The van der Waals surface area contributed by atoms with Crippen molar-refractivity contribution in [1.29, 1.82) is 5.26 Å². The molecule has 11 heteroatoms. The van der Waals surface area contributed by atoms with Crippen molar-refractivity contribution in [3.63, 3.8) is 0 Å². The summed E-state index contributed by atoms with van der Waals surface area (Å²) in [6.07, 6.45) is 4.36. The Labute approximate surface area is 241 Å². The molecule has 0 unspecified atom stereocenters. The average Bonchev–Trinajstić information content (AvgIpc) is 3.68. The SMILES string of the molecule is CC(C)Oc1ccc(-c2ncc(-c3cccc4c3CC[C@@H]4NS(=O)(=O)NCN3CC[C@H](N(C)C)C3)s2)cc1C#N. The van der Waals surface area contributed by atoms with E-state index in [1.165, 1.54) is 0 Å². The molecule has 0 amide bonds. The fraction of sp³-hybridized carbons (Fsp3) is 0.448. The number of hydrogen-bond donors (Lipinski definition) is 2. The van der Waals surface area contributed by atoms with E-state index in [1.54, 1.807) is 11.3 Å². The number of nitrogens with one attached hydrogen (secondary N) is 2. The van der Waals surface area contributed by atoms with Crippen molar-refractivity contribution in [2.45, 2.75) is 51.3 Å². The van der Waals surface area contributed by atoms with Crippen molar-refractivity contribution >= 4 is 21.5 Å². The first-order valence-corrected chi connectivity index (χ1v) is 15.9. The van der Waals surface area contributed by atoms with Crippen molar-refractivity contribution in [3.8, 4) is 32.8 Å². The molecule has 0 bridgehead atoms. The maximum Gasteiger partial charge on any atom is 0.278 e. The van der Waals surface area contributed by atoms with Crippen LogP contribution in [0.5, 0.6) is 5.75 Å². The van der Waals surface area contributed by atoms with Gasteiger partial charge in [0.15, 0.2) is 0 Å². The molecule has 2 N–H and O–H groups in total. The van der Waals surface area contributed by atoms with Gasteiger partial charge in [0.05, 0.1) is 23.2 Å². The Hall–Kier alpha value is -2.85. The van der Waals surface area contributed by atoms with Crippen LogP contribution in [-0.2, 0) is 16.6 Å². The molecule has 9 nitrogen and oxygen atoms in total. The molecular weight excluding hydrogens is 544 g/mol. The fourth-order valence-electron chi connectivity index (χ4n) is 5.43. The standard InChI is InChI=1S/C29H36N6O3S2/c1-19(2)38-27-11-8-20(14-21(27)15-30)29-31-16-28(39-29)25-7-5-6-24-23(25)9-10-26(24)33-40(36,37)32-18-35-13-12-22(17-35)34(3)4/h5-8,11,14,16,19,22,26,32-33H,9-10,12-13,17-18H2,1-4H3/t22-,26-/m0/s1. The van der Waals surface area contributed by atoms with E-state index in [0.717, 1.165) is 58.1 Å². The van der Waals surface area contributed by atoms with Crippen LogP contribution in [0.3, 0.4) is 0 Å². The fourth-order valence-corrected chi connectivity index (χ4v) is 7.45. The molecule has 2 aliphatic rings. The molecule has 2 atom stereocenters. The van der Waals surface area contributed by atoms with Crippen LogP contribution in [0.4, 0.5) is 0 Å². The number of benzene rings is 2. The number of fused-ring (bicyclic) bond motifs is 1. The summed E-state index contributed by atoms with van der Waals surface area (Å²) in [5, 5.41) is 10.4. The Morgan fingerprint density at radius 2 is 2.08 bits per heavy atom. The molecule has 2 heterocycles. The third-order valence-electron chi connectivity index (χ3n) is 7.50. The van der Waals surface area contributed by atoms with Crippen molar-refractivity contribution < 1.29 is 13.2 Å². The van der Waals surface area contributed by atoms with Crippen LogP contribution in [0.1, 0.15) is 49.4 Å². The van der Waals surface area contributed by atoms with Gasteiger partial charge in [-0.3, -0.25) is 4.90 Å². The number of hydrogen-bond acceptors (Lipinski definition) is 8. The number of nitriles is 1. The van der Waals surface area contributed by atoms with Crippen molar-refractivity contribution in [2.75, 3.05) is 33.9 Å². The highest BCUT2D eigenvalue weighted by molar-refractivity contribution is 7.87. The molecule has 212 valence electrons. The zero-order valence-corrected chi connectivity index (χ0v) is 25.0. The normalized spacial score (nSPS) is 19.3. The molecule has 1 aliphatic carbocycles. The highest BCUT2D eigenvalue weighted by Crippen LogP contribution is 2.41. The van der Waals surface area contributed by atoms with Gasteiger partial charge in [0.2, 0.25) is 0 Å². The van der Waals surface area contributed by atoms with Crippen LogP contribution in [0.15, 0.2) is 42.6 Å². The molecule has 0 radical (unpaired) electrons. The van der Waals surface area contributed by atoms with E-state index in [0.29, 0.717) is 30.4 Å². The molecule has 1 aliphatic heterocycles. The summed E-state index contributed by atoms with van der Waals surface area (Å²) in [6, 6.07) is 14.0. The molecule has 1 fully saturated rings. The lowest BCUT2D eigenvalue weighted by Gasteiger charge is -2.21. The Balaban J connectivity index is 1.29. The Morgan fingerprint density at radius 1 is 1.25 bits per heavy atom. The van der Waals surface area contributed by atoms with Gasteiger partial charge in [-0.1, -0.05) is 18.2 Å². The highest BCUT2D eigenvalue weighted by atomic mass is 32.2. The van der Waals surface area contributed by atoms with E-state index in [4.69, 9.17) is 4.74 Å². The summed E-state index contributed by atoms with van der Waals surface area (Å²) >= 11 is 1.56. The third kappa shape index (κ3) is 6.38. The quantitative estimate of drug-likeness (QED) is 0.371. The summed E-state index contributed by atoms with van der Waals surface area (Å²) < 4.78 is 37.2. The van der Waals surface area contributed by atoms with Crippen molar-refractivity contribution in [1.82, 2.24) is 24.2 Å². The lowest BCUT2D eigenvalue weighted by Crippen LogP contribution is -2.44. The predicted octanol–water partition coefficient (Wildman–Crippen LogP) is 4.14. The van der Waals surface area contributed by atoms with Crippen LogP contribution in [0.25, 0.3) is 21.0 Å². The number of likely N-dealkylation sites (tertiary alicyclic amines) is 1. The first-order chi connectivity index (χ1) is 19.1. The number of ether oxygens (including phenoxy) is 1. The van der Waals surface area contributed by atoms with Gasteiger partial charge in [-0.25, -0.2) is 4.98 Å². The van der Waals surface area contributed by atoms with Gasteiger partial charge < -0.3 is 9.64 Å². The van der Waals surface area contributed by atoms with Crippen molar-refractivity contribution in [3.05, 3.63) is 59.3 Å². The molecule has 0 saturated carbocycles. The second-order valence-electron chi connectivity index (χ2n) is 10.9. The molecule has 40 heavy (non-hydrogen) atoms. The Bertz CT molecular complexity index is 1510. The number of rotatable bonds is 10. The van der Waals surface area contributed by atoms with E-state index in [9.17, 15) is 13.7 Å². The van der Waals surface area contributed by atoms with Gasteiger partial charge >= 0.3 is 0 Å². The largest absolute Gasteiger partial charge is 0.490 e. The van der Waals surface area contributed by atoms with Crippen LogP contribution >= 0.6 is 11.3 Å². The smallest absolute Gasteiger partial charge is 0.278 e. The molecule has 2 aromatic carbocycles. The van der Waals surface area contributed by atoms with E-state index in [-0.39, 0.29) is 12.1 Å². The predicted molar refractivity (Wildman–Crippen MR) is 158 cm³/mol. The minimum Gasteiger partial charge on any atom is -0.490 e. The average molecular weight is 581 g/mol. The first kappa shape index (κ1) is 28.7. The van der Waals surface area contributed by atoms with Gasteiger partial charge in [-0.15, -0.1) is 11.3 Å². The van der Waals surface area contributed by atoms with Gasteiger partial charge in [0.25, 0.3) is 10.2 Å². The second-order valence-corrected chi connectivity index (χ2v) is 13.5.